The van der Waals surface area contributed by atoms with E-state index >= 15 is 0 Å². The number of aromatic nitrogens is 4. The number of nitrogens with one attached hydrogen (secondary N) is 2. The highest BCUT2D eigenvalue weighted by molar-refractivity contribution is 5.83. The van der Waals surface area contributed by atoms with E-state index in [1.165, 1.54) is 0 Å². The molecular weight excluding hydrogens is 328 g/mol. The monoisotopic (exact) mass is 345 g/mol. The Morgan fingerprint density at radius 3 is 2.81 bits per heavy atom. The minimum absolute atomic E-state index is 0.508. The minimum atomic E-state index is 0.508. The van der Waals surface area contributed by atoms with Crippen molar-refractivity contribution >= 4 is 17.7 Å². The van der Waals surface area contributed by atoms with Crippen molar-refractivity contribution in [3.8, 4) is 5.75 Å². The summed E-state index contributed by atoms with van der Waals surface area (Å²) in [5, 5.41) is 15.4. The molecule has 0 aliphatic carbocycles. The Bertz CT molecular complexity index is 1030. The summed E-state index contributed by atoms with van der Waals surface area (Å²) in [5.74, 6) is 1.39. The van der Waals surface area contributed by atoms with Gasteiger partial charge in [0.05, 0.1) is 6.21 Å². The molecular formula is C19H17N6O+. The van der Waals surface area contributed by atoms with E-state index in [4.69, 9.17) is 4.74 Å². The van der Waals surface area contributed by atoms with Crippen molar-refractivity contribution in [1.29, 1.82) is 0 Å². The third-order valence-electron chi connectivity index (χ3n) is 3.74. The third-order valence-corrected chi connectivity index (χ3v) is 3.74. The van der Waals surface area contributed by atoms with Gasteiger partial charge in [0, 0.05) is 16.7 Å². The number of hydrazone groups is 1. The molecule has 2 aromatic heterocycles. The molecule has 0 radical (unpaired) electrons. The Balaban J connectivity index is 1.44. The summed E-state index contributed by atoms with van der Waals surface area (Å²) in [7, 11) is 0. The van der Waals surface area contributed by atoms with Gasteiger partial charge in [-0.15, -0.1) is 9.61 Å². The van der Waals surface area contributed by atoms with E-state index in [9.17, 15) is 0 Å². The fraction of sp³-hybridized carbons (Fsp3) is 0.0526. The highest BCUT2D eigenvalue weighted by Crippen LogP contribution is 2.17. The number of ether oxygens (including phenoxy) is 1. The van der Waals surface area contributed by atoms with E-state index in [1.807, 2.05) is 66.7 Å². The van der Waals surface area contributed by atoms with Gasteiger partial charge in [-0.2, -0.15) is 5.10 Å². The maximum Gasteiger partial charge on any atom is 0.325 e. The zero-order valence-electron chi connectivity index (χ0n) is 13.9. The molecule has 4 aromatic rings. The van der Waals surface area contributed by atoms with Crippen LogP contribution in [0, 0.1) is 0 Å². The normalized spacial score (nSPS) is 11.1. The van der Waals surface area contributed by atoms with Crippen LogP contribution in [-0.2, 0) is 6.61 Å². The van der Waals surface area contributed by atoms with E-state index < -0.39 is 0 Å². The standard InChI is InChI=1S/C19H16N6O/c1-2-6-15(7-3-1)13-26-17-9-5-4-8-16(17)12-20-22-18-10-11-19-23-21-14-25(19)24-18/h1-12,14H,13H2,(H,22,24)/p+1/b20-12+. The lowest BCUT2D eigenvalue weighted by Gasteiger charge is -2.08. The van der Waals surface area contributed by atoms with Gasteiger partial charge in [0.2, 0.25) is 6.33 Å². The zero-order valence-corrected chi connectivity index (χ0v) is 13.9. The van der Waals surface area contributed by atoms with Gasteiger partial charge in [0.15, 0.2) is 5.82 Å². The molecule has 128 valence electrons. The van der Waals surface area contributed by atoms with Crippen molar-refractivity contribution in [2.75, 3.05) is 5.43 Å². The first kappa shape index (κ1) is 15.8. The molecule has 7 heteroatoms. The van der Waals surface area contributed by atoms with Crippen LogP contribution >= 0.6 is 0 Å². The van der Waals surface area contributed by atoms with Gasteiger partial charge in [0.1, 0.15) is 12.4 Å². The quantitative estimate of drug-likeness (QED) is 0.320. The largest absolute Gasteiger partial charge is 0.488 e. The minimum Gasteiger partial charge on any atom is -0.488 e. The summed E-state index contributed by atoms with van der Waals surface area (Å²) in [6.45, 7) is 0.508. The van der Waals surface area contributed by atoms with Crippen LogP contribution < -0.4 is 14.7 Å². The van der Waals surface area contributed by atoms with Crippen LogP contribution in [-0.4, -0.2) is 21.5 Å². The van der Waals surface area contributed by atoms with E-state index in [1.54, 1.807) is 17.1 Å². The average molecular weight is 345 g/mol. The number of rotatable bonds is 6. The predicted octanol–water partition coefficient (Wildman–Crippen LogP) is 2.57. The molecule has 0 amide bonds. The summed E-state index contributed by atoms with van der Waals surface area (Å²) < 4.78 is 7.56. The maximum absolute atomic E-state index is 5.92. The van der Waals surface area contributed by atoms with Gasteiger partial charge >= 0.3 is 5.65 Å². The second-order valence-electron chi connectivity index (χ2n) is 5.57. The lowest BCUT2D eigenvalue weighted by Crippen LogP contribution is -2.24. The zero-order chi connectivity index (χ0) is 17.6. The summed E-state index contributed by atoms with van der Waals surface area (Å²) >= 11 is 0. The van der Waals surface area contributed by atoms with Crippen molar-refractivity contribution in [2.24, 2.45) is 5.10 Å². The number of nitrogens with zero attached hydrogens (tertiary/aromatic N) is 4. The Hall–Kier alpha value is -3.74. The number of H-pyrrole nitrogens is 1. The Kier molecular flexibility index (Phi) is 4.51. The predicted molar refractivity (Wildman–Crippen MR) is 98.0 cm³/mol. The Morgan fingerprint density at radius 2 is 1.88 bits per heavy atom. The van der Waals surface area contributed by atoms with Gasteiger partial charge < -0.3 is 4.74 Å². The van der Waals surface area contributed by atoms with Crippen molar-refractivity contribution in [2.45, 2.75) is 6.61 Å². The number of hydrogen-bond acceptors (Lipinski definition) is 5. The lowest BCUT2D eigenvalue weighted by atomic mass is 10.2. The van der Waals surface area contributed by atoms with Gasteiger partial charge in [-0.25, -0.2) is 0 Å². The molecule has 0 bridgehead atoms. The second kappa shape index (κ2) is 7.43. The molecule has 2 aromatic carbocycles. The van der Waals surface area contributed by atoms with Crippen LogP contribution in [0.25, 0.3) is 5.65 Å². The van der Waals surface area contributed by atoms with Crippen molar-refractivity contribution < 1.29 is 9.25 Å². The van der Waals surface area contributed by atoms with Crippen LogP contribution in [0.3, 0.4) is 0 Å². The third kappa shape index (κ3) is 3.67. The van der Waals surface area contributed by atoms with E-state index in [2.05, 4.69) is 25.8 Å². The topological polar surface area (TPSA) is 79.3 Å². The molecule has 2 heterocycles. The van der Waals surface area contributed by atoms with Gasteiger partial charge in [0.25, 0.3) is 0 Å². The molecule has 0 atom stereocenters. The first-order chi connectivity index (χ1) is 12.9. The lowest BCUT2D eigenvalue weighted by molar-refractivity contribution is -0.579. The first-order valence-electron chi connectivity index (χ1n) is 8.16. The van der Waals surface area contributed by atoms with E-state index in [-0.39, 0.29) is 0 Å². The van der Waals surface area contributed by atoms with Gasteiger partial charge in [-0.05, 0) is 23.8 Å². The molecule has 0 aliphatic rings. The summed E-state index contributed by atoms with van der Waals surface area (Å²) in [6, 6.07) is 21.5. The average Bonchev–Trinajstić information content (AvgIpc) is 3.16. The second-order valence-corrected chi connectivity index (χ2v) is 5.57. The van der Waals surface area contributed by atoms with E-state index in [0.29, 0.717) is 12.4 Å². The molecule has 0 saturated carbocycles. The highest BCUT2D eigenvalue weighted by atomic mass is 16.5. The van der Waals surface area contributed by atoms with Crippen molar-refractivity contribution in [3.63, 3.8) is 0 Å². The fourth-order valence-corrected chi connectivity index (χ4v) is 2.45. The van der Waals surface area contributed by atoms with Crippen LogP contribution in [0.2, 0.25) is 0 Å². The number of anilines is 1. The van der Waals surface area contributed by atoms with Gasteiger partial charge in [-0.3, -0.25) is 5.43 Å². The molecule has 0 spiro atoms. The first-order valence-corrected chi connectivity index (χ1v) is 8.16. The molecule has 2 N–H and O–H groups in total. The van der Waals surface area contributed by atoms with Crippen LogP contribution in [0.4, 0.5) is 5.82 Å². The summed E-state index contributed by atoms with van der Waals surface area (Å²) in [5.41, 5.74) is 5.65. The van der Waals surface area contributed by atoms with Crippen LogP contribution in [0.15, 0.2) is 78.2 Å². The number of aromatic amines is 1. The number of hydrogen-bond donors (Lipinski definition) is 2. The number of fused-ring (bicyclic) bond motifs is 1. The summed E-state index contributed by atoms with van der Waals surface area (Å²) in [4.78, 5) is 0. The Morgan fingerprint density at radius 1 is 1.04 bits per heavy atom. The molecule has 7 nitrogen and oxygen atoms in total. The molecule has 0 saturated heterocycles. The fourth-order valence-electron chi connectivity index (χ4n) is 2.45. The van der Waals surface area contributed by atoms with Crippen molar-refractivity contribution in [1.82, 2.24) is 15.3 Å². The molecule has 0 unspecified atom stereocenters. The van der Waals surface area contributed by atoms with Crippen LogP contribution in [0.5, 0.6) is 5.75 Å². The highest BCUT2D eigenvalue weighted by Gasteiger charge is 2.05. The van der Waals surface area contributed by atoms with Crippen LogP contribution in [0.1, 0.15) is 11.1 Å². The smallest absolute Gasteiger partial charge is 0.325 e. The Labute approximate surface area is 150 Å². The SMILES string of the molecule is C(=N\Nc1ccc2n[nH]c[n+]2n1)/c1ccccc1OCc1ccccc1. The summed E-state index contributed by atoms with van der Waals surface area (Å²) in [6.07, 6.45) is 3.38. The molecule has 0 aliphatic heterocycles. The number of para-hydroxylation sites is 1. The maximum atomic E-state index is 5.92. The molecule has 0 fully saturated rings. The van der Waals surface area contributed by atoms with E-state index in [0.717, 1.165) is 22.5 Å². The van der Waals surface area contributed by atoms with Crippen molar-refractivity contribution in [3.05, 3.63) is 84.2 Å². The molecule has 26 heavy (non-hydrogen) atoms. The molecule has 4 rings (SSSR count). The number of benzene rings is 2. The van der Waals surface area contributed by atoms with Gasteiger partial charge in [-0.1, -0.05) is 47.6 Å².